The molecule has 31 heavy (non-hydrogen) atoms. The number of nitrogens with zero attached hydrogens (tertiary/aromatic N) is 1. The van der Waals surface area contributed by atoms with Crippen LogP contribution in [-0.2, 0) is 11.2 Å². The van der Waals surface area contributed by atoms with Gasteiger partial charge in [-0.05, 0) is 76.5 Å². The van der Waals surface area contributed by atoms with E-state index in [0.29, 0.717) is 29.0 Å². The molecule has 0 fully saturated rings. The first-order valence-corrected chi connectivity index (χ1v) is 10.6. The highest BCUT2D eigenvalue weighted by Gasteiger charge is 2.15. The number of carbonyl (C=O) groups excluding carboxylic acids is 1. The molecular weight excluding hydrogens is 506 g/mol. The summed E-state index contributed by atoms with van der Waals surface area (Å²) >= 11 is 2.16. The maximum Gasteiger partial charge on any atom is 0.266 e. The maximum absolute atomic E-state index is 14.1. The van der Waals surface area contributed by atoms with Crippen LogP contribution in [0.5, 0.6) is 5.75 Å². The van der Waals surface area contributed by atoms with E-state index in [0.717, 1.165) is 14.7 Å². The number of anilines is 1. The zero-order valence-electron chi connectivity index (χ0n) is 17.1. The smallest absolute Gasteiger partial charge is 0.266 e. The van der Waals surface area contributed by atoms with Crippen molar-refractivity contribution in [3.63, 3.8) is 0 Å². The van der Waals surface area contributed by atoms with Gasteiger partial charge in [0.15, 0.2) is 0 Å². The number of carbonyl (C=O) groups is 1. The van der Waals surface area contributed by atoms with E-state index >= 15 is 0 Å². The molecule has 0 bridgehead atoms. The van der Waals surface area contributed by atoms with Gasteiger partial charge in [-0.3, -0.25) is 4.79 Å². The lowest BCUT2D eigenvalue weighted by molar-refractivity contribution is -0.112. The second-order valence-corrected chi connectivity index (χ2v) is 8.05. The van der Waals surface area contributed by atoms with E-state index in [4.69, 9.17) is 4.74 Å². The summed E-state index contributed by atoms with van der Waals surface area (Å²) in [5.74, 6) is -0.191. The molecule has 0 aliphatic rings. The van der Waals surface area contributed by atoms with E-state index in [9.17, 15) is 14.4 Å². The molecule has 0 aromatic heterocycles. The Kier molecular flexibility index (Phi) is 7.42. The van der Waals surface area contributed by atoms with Gasteiger partial charge in [0, 0.05) is 21.2 Å². The number of rotatable bonds is 6. The second kappa shape index (κ2) is 10.2. The molecule has 0 saturated carbocycles. The quantitative estimate of drug-likeness (QED) is 0.248. The number of halogens is 2. The van der Waals surface area contributed by atoms with E-state index in [2.05, 4.69) is 27.9 Å². The van der Waals surface area contributed by atoms with Gasteiger partial charge in [0.05, 0.1) is 7.11 Å². The van der Waals surface area contributed by atoms with Gasteiger partial charge in [-0.15, -0.1) is 0 Å². The van der Waals surface area contributed by atoms with Crippen molar-refractivity contribution in [3.8, 4) is 11.8 Å². The van der Waals surface area contributed by atoms with Crippen LogP contribution in [0, 0.1) is 27.6 Å². The number of nitriles is 1. The second-order valence-electron chi connectivity index (χ2n) is 6.89. The average Bonchev–Trinajstić information content (AvgIpc) is 2.76. The molecule has 6 heteroatoms. The molecule has 3 rings (SSSR count). The van der Waals surface area contributed by atoms with Crippen LogP contribution in [0.4, 0.5) is 10.1 Å². The van der Waals surface area contributed by atoms with Crippen LogP contribution in [0.1, 0.15) is 22.3 Å². The molecule has 3 aromatic rings. The molecule has 0 atom stereocenters. The first-order valence-electron chi connectivity index (χ1n) is 9.51. The van der Waals surface area contributed by atoms with E-state index in [1.807, 2.05) is 37.3 Å². The third-order valence-electron chi connectivity index (χ3n) is 4.79. The van der Waals surface area contributed by atoms with E-state index in [1.54, 1.807) is 37.4 Å². The average molecular weight is 526 g/mol. The van der Waals surface area contributed by atoms with Gasteiger partial charge in [0.25, 0.3) is 5.91 Å². The molecule has 0 aliphatic carbocycles. The van der Waals surface area contributed by atoms with Gasteiger partial charge in [-0.2, -0.15) is 5.26 Å². The van der Waals surface area contributed by atoms with Crippen LogP contribution in [-0.4, -0.2) is 13.0 Å². The fourth-order valence-corrected chi connectivity index (χ4v) is 3.93. The number of benzene rings is 3. The van der Waals surface area contributed by atoms with Crippen molar-refractivity contribution in [1.29, 1.82) is 5.26 Å². The number of amides is 1. The molecule has 0 unspecified atom stereocenters. The number of hydrogen-bond donors (Lipinski definition) is 1. The van der Waals surface area contributed by atoms with E-state index < -0.39 is 5.91 Å². The van der Waals surface area contributed by atoms with E-state index in [1.165, 1.54) is 12.1 Å². The summed E-state index contributed by atoms with van der Waals surface area (Å²) in [6, 6.07) is 19.5. The molecule has 3 aromatic carbocycles. The van der Waals surface area contributed by atoms with E-state index in [-0.39, 0.29) is 11.4 Å². The molecule has 4 nitrogen and oxygen atoms in total. The minimum absolute atomic E-state index is 0.0250. The minimum atomic E-state index is -0.485. The van der Waals surface area contributed by atoms with Crippen molar-refractivity contribution < 1.29 is 13.9 Å². The third-order valence-corrected chi connectivity index (χ3v) is 5.75. The van der Waals surface area contributed by atoms with Gasteiger partial charge in [-0.1, -0.05) is 36.4 Å². The lowest BCUT2D eigenvalue weighted by Gasteiger charge is -2.13. The van der Waals surface area contributed by atoms with Crippen molar-refractivity contribution in [1.82, 2.24) is 0 Å². The minimum Gasteiger partial charge on any atom is -0.496 e. The Morgan fingerprint density at radius 2 is 1.90 bits per heavy atom. The third kappa shape index (κ3) is 5.50. The zero-order chi connectivity index (χ0) is 22.4. The fraction of sp³-hybridized carbons (Fsp3) is 0.120. The summed E-state index contributed by atoms with van der Waals surface area (Å²) in [4.78, 5) is 12.6. The summed E-state index contributed by atoms with van der Waals surface area (Å²) < 4.78 is 20.5. The largest absolute Gasteiger partial charge is 0.496 e. The number of para-hydroxylation sites is 1. The van der Waals surface area contributed by atoms with Gasteiger partial charge >= 0.3 is 0 Å². The van der Waals surface area contributed by atoms with Gasteiger partial charge < -0.3 is 10.1 Å². The summed E-state index contributed by atoms with van der Waals surface area (Å²) in [6.07, 6.45) is 1.89. The highest BCUT2D eigenvalue weighted by atomic mass is 127. The summed E-state index contributed by atoms with van der Waals surface area (Å²) in [5, 5.41) is 12.3. The van der Waals surface area contributed by atoms with Crippen molar-refractivity contribution in [2.45, 2.75) is 13.3 Å². The van der Waals surface area contributed by atoms with Crippen molar-refractivity contribution in [2.24, 2.45) is 0 Å². The summed E-state index contributed by atoms with van der Waals surface area (Å²) in [7, 11) is 1.54. The number of methoxy groups -OCH3 is 1. The summed E-state index contributed by atoms with van der Waals surface area (Å²) in [6.45, 7) is 1.88. The Morgan fingerprint density at radius 1 is 1.19 bits per heavy atom. The molecule has 1 N–H and O–H groups in total. The molecule has 156 valence electrons. The topological polar surface area (TPSA) is 62.1 Å². The van der Waals surface area contributed by atoms with Crippen LogP contribution in [0.3, 0.4) is 0 Å². The molecular formula is C25H20FIN2O2. The number of hydrogen-bond acceptors (Lipinski definition) is 3. The Bertz CT molecular complexity index is 1200. The van der Waals surface area contributed by atoms with Crippen LogP contribution in [0.2, 0.25) is 0 Å². The van der Waals surface area contributed by atoms with Crippen LogP contribution in [0.25, 0.3) is 6.08 Å². The highest BCUT2D eigenvalue weighted by Crippen LogP contribution is 2.30. The normalized spacial score (nSPS) is 11.0. The first kappa shape index (κ1) is 22.5. The number of ether oxygens (including phenoxy) is 1. The molecule has 0 spiro atoms. The highest BCUT2D eigenvalue weighted by molar-refractivity contribution is 14.1. The SMILES string of the molecule is COc1cc(/C=C(\C#N)C(=O)Nc2ccccc2C)cc(I)c1Cc1ccccc1F. The first-order chi connectivity index (χ1) is 14.9. The van der Waals surface area contributed by atoms with Gasteiger partial charge in [-0.25, -0.2) is 4.39 Å². The molecule has 0 saturated heterocycles. The Labute approximate surface area is 194 Å². The maximum atomic E-state index is 14.1. The number of aryl methyl sites for hydroxylation is 1. The van der Waals surface area contributed by atoms with Crippen LogP contribution < -0.4 is 10.1 Å². The van der Waals surface area contributed by atoms with Crippen LogP contribution >= 0.6 is 22.6 Å². The fourth-order valence-electron chi connectivity index (χ4n) is 3.12. The number of nitrogens with one attached hydrogen (secondary N) is 1. The Hall–Kier alpha value is -3.18. The molecule has 0 aliphatic heterocycles. The van der Waals surface area contributed by atoms with Crippen molar-refractivity contribution in [3.05, 3.63) is 97.9 Å². The molecule has 1 amide bonds. The zero-order valence-corrected chi connectivity index (χ0v) is 19.2. The van der Waals surface area contributed by atoms with Crippen molar-refractivity contribution >= 4 is 40.3 Å². The van der Waals surface area contributed by atoms with Crippen molar-refractivity contribution in [2.75, 3.05) is 12.4 Å². The Morgan fingerprint density at radius 3 is 2.58 bits per heavy atom. The summed E-state index contributed by atoms with van der Waals surface area (Å²) in [5.41, 5.74) is 3.59. The lowest BCUT2D eigenvalue weighted by atomic mass is 10.0. The predicted octanol–water partition coefficient (Wildman–Crippen LogP) is 5.88. The molecule has 0 heterocycles. The monoisotopic (exact) mass is 526 g/mol. The Balaban J connectivity index is 1.91. The standard InChI is InChI=1S/C25H20FIN2O2/c1-16-7-3-6-10-23(16)29-25(30)19(15-28)11-17-12-22(27)20(24(13-17)31-2)14-18-8-4-5-9-21(18)26/h3-13H,14H2,1-2H3,(H,29,30)/b19-11+. The lowest BCUT2D eigenvalue weighted by Crippen LogP contribution is -2.14. The van der Waals surface area contributed by atoms with Gasteiger partial charge in [0.1, 0.15) is 23.2 Å². The van der Waals surface area contributed by atoms with Gasteiger partial charge in [0.2, 0.25) is 0 Å². The molecule has 0 radical (unpaired) electrons. The van der Waals surface area contributed by atoms with Crippen LogP contribution in [0.15, 0.2) is 66.2 Å². The predicted molar refractivity (Wildman–Crippen MR) is 128 cm³/mol.